The highest BCUT2D eigenvalue weighted by atomic mass is 16.5. The summed E-state index contributed by atoms with van der Waals surface area (Å²) in [6, 6.07) is 13.6. The van der Waals surface area contributed by atoms with Crippen molar-refractivity contribution in [2.75, 3.05) is 0 Å². The number of fused-ring (bicyclic) bond motifs is 1. The second-order valence-electron chi connectivity index (χ2n) is 5.33. The molecule has 1 aromatic carbocycles. The molecule has 0 saturated heterocycles. The topological polar surface area (TPSA) is 98.5 Å². The molecule has 0 atom stereocenters. The van der Waals surface area contributed by atoms with Gasteiger partial charge >= 0.3 is 5.63 Å². The first-order valence-corrected chi connectivity index (χ1v) is 7.51. The van der Waals surface area contributed by atoms with Crippen molar-refractivity contribution in [2.24, 2.45) is 0 Å². The quantitative estimate of drug-likeness (QED) is 0.575. The van der Waals surface area contributed by atoms with Crippen LogP contribution in [0.25, 0.3) is 22.5 Å². The van der Waals surface area contributed by atoms with Crippen LogP contribution in [0.1, 0.15) is 16.1 Å². The van der Waals surface area contributed by atoms with Crippen molar-refractivity contribution in [1.82, 2.24) is 10.5 Å². The van der Waals surface area contributed by atoms with Crippen LogP contribution in [0.2, 0.25) is 0 Å². The Bertz CT molecular complexity index is 1090. The Morgan fingerprint density at radius 3 is 2.80 bits per heavy atom. The maximum absolute atomic E-state index is 12.3. The van der Waals surface area contributed by atoms with Crippen LogP contribution in [0.3, 0.4) is 0 Å². The van der Waals surface area contributed by atoms with Gasteiger partial charge in [0.25, 0.3) is 5.91 Å². The van der Waals surface area contributed by atoms with Crippen LogP contribution in [-0.4, -0.2) is 11.1 Å². The van der Waals surface area contributed by atoms with E-state index in [1.807, 2.05) is 0 Å². The Balaban J connectivity index is 1.51. The molecule has 3 aromatic heterocycles. The highest BCUT2D eigenvalue weighted by Crippen LogP contribution is 2.20. The molecule has 4 aromatic rings. The highest BCUT2D eigenvalue weighted by Gasteiger charge is 2.15. The molecule has 0 aliphatic heterocycles. The molecule has 7 heteroatoms. The number of amides is 1. The second-order valence-corrected chi connectivity index (χ2v) is 5.33. The number of carbonyl (C=O) groups excluding carboxylic acids is 1. The Morgan fingerprint density at radius 1 is 1.08 bits per heavy atom. The molecule has 25 heavy (non-hydrogen) atoms. The third-order valence-electron chi connectivity index (χ3n) is 3.64. The van der Waals surface area contributed by atoms with Crippen LogP contribution in [0, 0.1) is 0 Å². The lowest BCUT2D eigenvalue weighted by molar-refractivity contribution is 0.0946. The Labute approximate surface area is 140 Å². The van der Waals surface area contributed by atoms with Gasteiger partial charge in [-0.05, 0) is 24.3 Å². The zero-order chi connectivity index (χ0) is 17.2. The van der Waals surface area contributed by atoms with E-state index in [4.69, 9.17) is 13.4 Å². The molecule has 0 aliphatic carbocycles. The summed E-state index contributed by atoms with van der Waals surface area (Å²) in [5, 5.41) is 7.16. The van der Waals surface area contributed by atoms with Crippen molar-refractivity contribution < 1.29 is 18.2 Å². The predicted octanol–water partition coefficient (Wildman–Crippen LogP) is 2.97. The fourth-order valence-corrected chi connectivity index (χ4v) is 2.42. The molecular formula is C18H12N2O5. The minimum absolute atomic E-state index is 0.0616. The highest BCUT2D eigenvalue weighted by molar-refractivity contribution is 5.96. The summed E-state index contributed by atoms with van der Waals surface area (Å²) in [6.07, 6.45) is 1.53. The van der Waals surface area contributed by atoms with E-state index in [0.717, 1.165) is 0 Å². The van der Waals surface area contributed by atoms with Gasteiger partial charge in [0.2, 0.25) is 5.76 Å². The first-order chi connectivity index (χ1) is 12.2. The van der Waals surface area contributed by atoms with Gasteiger partial charge in [-0.15, -0.1) is 0 Å². The van der Waals surface area contributed by atoms with Crippen LogP contribution in [-0.2, 0) is 6.54 Å². The van der Waals surface area contributed by atoms with Crippen molar-refractivity contribution >= 4 is 16.9 Å². The minimum atomic E-state index is -0.687. The van der Waals surface area contributed by atoms with Crippen molar-refractivity contribution in [3.05, 3.63) is 76.5 Å². The van der Waals surface area contributed by atoms with Crippen LogP contribution in [0.4, 0.5) is 0 Å². The largest absolute Gasteiger partial charge is 0.461 e. The van der Waals surface area contributed by atoms with Gasteiger partial charge in [0, 0.05) is 11.5 Å². The molecule has 0 fully saturated rings. The summed E-state index contributed by atoms with van der Waals surface area (Å²) < 4.78 is 15.5. The Morgan fingerprint density at radius 2 is 1.96 bits per heavy atom. The molecule has 1 N–H and O–H groups in total. The van der Waals surface area contributed by atoms with Gasteiger partial charge in [0.15, 0.2) is 5.76 Å². The van der Waals surface area contributed by atoms with E-state index in [0.29, 0.717) is 28.2 Å². The zero-order valence-electron chi connectivity index (χ0n) is 12.9. The summed E-state index contributed by atoms with van der Waals surface area (Å²) in [5.74, 6) is 0.460. The van der Waals surface area contributed by atoms with Gasteiger partial charge < -0.3 is 18.7 Å². The summed E-state index contributed by atoms with van der Waals surface area (Å²) in [7, 11) is 0. The standard InChI is InChI=1S/C18H12N2O5/c21-17(13-8-11-4-1-2-5-14(11)24-18(13)22)19-10-12-9-16(25-20-12)15-6-3-7-23-15/h1-9H,10H2,(H,19,21). The van der Waals surface area contributed by atoms with E-state index >= 15 is 0 Å². The summed E-state index contributed by atoms with van der Waals surface area (Å²) in [5.41, 5.74) is 0.189. The molecule has 0 saturated carbocycles. The number of rotatable bonds is 4. The maximum Gasteiger partial charge on any atom is 0.349 e. The van der Waals surface area contributed by atoms with E-state index in [1.54, 1.807) is 42.5 Å². The first-order valence-electron chi connectivity index (χ1n) is 7.51. The third kappa shape index (κ3) is 2.94. The van der Waals surface area contributed by atoms with E-state index in [2.05, 4.69) is 10.5 Å². The second kappa shape index (κ2) is 6.12. The Kier molecular flexibility index (Phi) is 3.66. The molecule has 3 heterocycles. The lowest BCUT2D eigenvalue weighted by atomic mass is 10.2. The fourth-order valence-electron chi connectivity index (χ4n) is 2.42. The summed E-state index contributed by atoms with van der Waals surface area (Å²) in [4.78, 5) is 24.2. The van der Waals surface area contributed by atoms with Crippen molar-refractivity contribution in [1.29, 1.82) is 0 Å². The molecule has 1 amide bonds. The van der Waals surface area contributed by atoms with Gasteiger partial charge in [0.1, 0.15) is 16.8 Å². The number of para-hydroxylation sites is 1. The number of carbonyl (C=O) groups is 1. The normalized spacial score (nSPS) is 10.9. The molecule has 0 bridgehead atoms. The first kappa shape index (κ1) is 14.9. The van der Waals surface area contributed by atoms with Gasteiger partial charge in [0.05, 0.1) is 12.8 Å². The molecule has 7 nitrogen and oxygen atoms in total. The molecular weight excluding hydrogens is 324 g/mol. The third-order valence-corrected chi connectivity index (χ3v) is 3.64. The van der Waals surface area contributed by atoms with E-state index in [-0.39, 0.29) is 12.1 Å². The van der Waals surface area contributed by atoms with E-state index < -0.39 is 11.5 Å². The van der Waals surface area contributed by atoms with Gasteiger partial charge in [-0.25, -0.2) is 4.79 Å². The van der Waals surface area contributed by atoms with E-state index in [9.17, 15) is 9.59 Å². The smallest absolute Gasteiger partial charge is 0.349 e. The lowest BCUT2D eigenvalue weighted by Crippen LogP contribution is -2.27. The van der Waals surface area contributed by atoms with Gasteiger partial charge in [-0.2, -0.15) is 0 Å². The molecule has 0 radical (unpaired) electrons. The molecule has 0 unspecified atom stereocenters. The molecule has 124 valence electrons. The zero-order valence-corrected chi connectivity index (χ0v) is 12.9. The number of hydrogen-bond donors (Lipinski definition) is 1. The SMILES string of the molecule is O=C(NCc1cc(-c2ccco2)on1)c1cc2ccccc2oc1=O. The Hall–Kier alpha value is -3.61. The van der Waals surface area contributed by atoms with Crippen LogP contribution < -0.4 is 10.9 Å². The van der Waals surface area contributed by atoms with Crippen LogP contribution in [0.5, 0.6) is 0 Å². The maximum atomic E-state index is 12.3. The molecule has 0 spiro atoms. The molecule has 4 rings (SSSR count). The lowest BCUT2D eigenvalue weighted by Gasteiger charge is -2.03. The van der Waals surface area contributed by atoms with Gasteiger partial charge in [-0.3, -0.25) is 4.79 Å². The van der Waals surface area contributed by atoms with Crippen molar-refractivity contribution in [2.45, 2.75) is 6.54 Å². The van der Waals surface area contributed by atoms with Crippen LogP contribution >= 0.6 is 0 Å². The number of hydrogen-bond acceptors (Lipinski definition) is 6. The van der Waals surface area contributed by atoms with Crippen molar-refractivity contribution in [3.8, 4) is 11.5 Å². The number of furan rings is 1. The summed E-state index contributed by atoms with van der Waals surface area (Å²) >= 11 is 0. The number of benzene rings is 1. The fraction of sp³-hybridized carbons (Fsp3) is 0.0556. The van der Waals surface area contributed by atoms with Crippen molar-refractivity contribution in [3.63, 3.8) is 0 Å². The van der Waals surface area contributed by atoms with Gasteiger partial charge in [-0.1, -0.05) is 23.4 Å². The number of nitrogens with one attached hydrogen (secondary N) is 1. The number of aromatic nitrogens is 1. The predicted molar refractivity (Wildman–Crippen MR) is 87.9 cm³/mol. The average Bonchev–Trinajstić information content (AvgIpc) is 3.30. The number of nitrogens with zero attached hydrogens (tertiary/aromatic N) is 1. The average molecular weight is 336 g/mol. The van der Waals surface area contributed by atoms with Crippen LogP contribution in [0.15, 0.2) is 72.9 Å². The monoisotopic (exact) mass is 336 g/mol. The minimum Gasteiger partial charge on any atom is -0.461 e. The molecule has 0 aliphatic rings. The summed E-state index contributed by atoms with van der Waals surface area (Å²) in [6.45, 7) is 0.106. The van der Waals surface area contributed by atoms with E-state index in [1.165, 1.54) is 12.3 Å².